The predicted molar refractivity (Wildman–Crippen MR) is 108 cm³/mol. The number of halogens is 2. The molecule has 2 aromatic carbocycles. The molecule has 0 spiro atoms. The number of nitrogens with zero attached hydrogens (tertiary/aromatic N) is 1. The highest BCUT2D eigenvalue weighted by Crippen LogP contribution is 2.34. The summed E-state index contributed by atoms with van der Waals surface area (Å²) < 4.78 is 1.79. The van der Waals surface area contributed by atoms with E-state index < -0.39 is 12.0 Å². The van der Waals surface area contributed by atoms with Gasteiger partial charge < -0.3 is 10.4 Å². The van der Waals surface area contributed by atoms with Crippen LogP contribution in [0.4, 0.5) is 11.4 Å². The van der Waals surface area contributed by atoms with Crippen LogP contribution in [-0.2, 0) is 9.59 Å². The number of carboxylic acid groups (broad SMARTS) is 1. The zero-order valence-electron chi connectivity index (χ0n) is 13.9. The van der Waals surface area contributed by atoms with Crippen molar-refractivity contribution in [3.63, 3.8) is 0 Å². The minimum atomic E-state index is -1.09. The third-order valence-electron chi connectivity index (χ3n) is 4.18. The van der Waals surface area contributed by atoms with E-state index in [2.05, 4.69) is 37.2 Å². The first kappa shape index (κ1) is 18.7. The first-order valence-electron chi connectivity index (χ1n) is 8.01. The van der Waals surface area contributed by atoms with Gasteiger partial charge in [-0.05, 0) is 55.0 Å². The number of rotatable bonds is 5. The molecule has 0 aliphatic carbocycles. The summed E-state index contributed by atoms with van der Waals surface area (Å²) in [5.74, 6) is -1.44. The Balaban J connectivity index is 2.03. The molecule has 0 radical (unpaired) electrons. The average molecular weight is 480 g/mol. The van der Waals surface area contributed by atoms with Crippen molar-refractivity contribution in [3.8, 4) is 0 Å². The number of aliphatic carboxylic acids is 1. The molecule has 26 heavy (non-hydrogen) atoms. The summed E-state index contributed by atoms with van der Waals surface area (Å²) in [6.45, 7) is 1.87. The number of carbonyl (C=O) groups excluding carboxylic acids is 1. The van der Waals surface area contributed by atoms with Crippen LogP contribution >= 0.6 is 31.9 Å². The van der Waals surface area contributed by atoms with Gasteiger partial charge in [-0.3, -0.25) is 9.69 Å². The van der Waals surface area contributed by atoms with Crippen molar-refractivity contribution in [2.45, 2.75) is 19.4 Å². The van der Waals surface area contributed by atoms with E-state index in [4.69, 9.17) is 0 Å². The molecule has 7 heteroatoms. The van der Waals surface area contributed by atoms with Gasteiger partial charge >= 0.3 is 5.97 Å². The topological polar surface area (TPSA) is 69.6 Å². The zero-order chi connectivity index (χ0) is 18.8. The van der Waals surface area contributed by atoms with E-state index in [1.54, 1.807) is 24.3 Å². The molecule has 2 N–H and O–H groups in total. The standard InChI is InChI=1S/C19H16Br2N2O3/c1-2-15-16(19(25)26)17(22-13-7-3-11(20)4-8-13)18(24)23(15)14-9-5-12(21)6-10-14/h3-10,15,22H,2H2,1H3,(H,25,26). The lowest BCUT2D eigenvalue weighted by molar-refractivity contribution is -0.133. The molecular weight excluding hydrogens is 464 g/mol. The first-order valence-corrected chi connectivity index (χ1v) is 9.60. The Bertz CT molecular complexity index is 877. The molecule has 0 saturated heterocycles. The van der Waals surface area contributed by atoms with E-state index in [9.17, 15) is 14.7 Å². The molecule has 1 unspecified atom stereocenters. The van der Waals surface area contributed by atoms with Crippen LogP contribution in [0.3, 0.4) is 0 Å². The Morgan fingerprint density at radius 3 is 2.12 bits per heavy atom. The second-order valence-corrected chi connectivity index (χ2v) is 7.63. The lowest BCUT2D eigenvalue weighted by atomic mass is 10.0. The van der Waals surface area contributed by atoms with Crippen LogP contribution in [0.15, 0.2) is 68.7 Å². The van der Waals surface area contributed by atoms with E-state index in [1.807, 2.05) is 31.2 Å². The lowest BCUT2D eigenvalue weighted by Crippen LogP contribution is -2.36. The molecule has 0 bridgehead atoms. The zero-order valence-corrected chi connectivity index (χ0v) is 17.0. The second kappa shape index (κ2) is 7.63. The van der Waals surface area contributed by atoms with Crippen LogP contribution in [0.2, 0.25) is 0 Å². The molecule has 134 valence electrons. The van der Waals surface area contributed by atoms with Crippen LogP contribution in [0.25, 0.3) is 0 Å². The molecule has 0 aromatic heterocycles. The van der Waals surface area contributed by atoms with Gasteiger partial charge in [0.05, 0.1) is 11.6 Å². The monoisotopic (exact) mass is 478 g/mol. The lowest BCUT2D eigenvalue weighted by Gasteiger charge is -2.25. The summed E-state index contributed by atoms with van der Waals surface area (Å²) in [4.78, 5) is 26.5. The summed E-state index contributed by atoms with van der Waals surface area (Å²) in [6, 6.07) is 13.9. The van der Waals surface area contributed by atoms with Crippen molar-refractivity contribution in [1.82, 2.24) is 0 Å². The van der Waals surface area contributed by atoms with Gasteiger partial charge in [-0.15, -0.1) is 0 Å². The Morgan fingerprint density at radius 1 is 1.08 bits per heavy atom. The van der Waals surface area contributed by atoms with Crippen molar-refractivity contribution in [2.24, 2.45) is 0 Å². The summed E-state index contributed by atoms with van der Waals surface area (Å²) in [5, 5.41) is 12.7. The van der Waals surface area contributed by atoms with Crippen LogP contribution in [-0.4, -0.2) is 23.0 Å². The van der Waals surface area contributed by atoms with E-state index in [0.29, 0.717) is 17.8 Å². The van der Waals surface area contributed by atoms with Gasteiger partial charge in [0.1, 0.15) is 5.70 Å². The molecule has 1 amide bonds. The van der Waals surface area contributed by atoms with Gasteiger partial charge in [-0.2, -0.15) is 0 Å². The fourth-order valence-corrected chi connectivity index (χ4v) is 3.53. The molecule has 1 aliphatic heterocycles. The van der Waals surface area contributed by atoms with Crippen molar-refractivity contribution < 1.29 is 14.7 Å². The quantitative estimate of drug-likeness (QED) is 0.646. The van der Waals surface area contributed by atoms with Crippen LogP contribution in [0.1, 0.15) is 13.3 Å². The van der Waals surface area contributed by atoms with E-state index in [0.717, 1.165) is 8.95 Å². The minimum Gasteiger partial charge on any atom is -0.478 e. The Kier molecular flexibility index (Phi) is 5.48. The van der Waals surface area contributed by atoms with Gasteiger partial charge in [0.2, 0.25) is 0 Å². The molecule has 5 nitrogen and oxygen atoms in total. The molecular formula is C19H16Br2N2O3. The SMILES string of the molecule is CCC1C(C(=O)O)=C(Nc2ccc(Br)cc2)C(=O)N1c1ccc(Br)cc1. The van der Waals surface area contributed by atoms with Gasteiger partial charge in [-0.1, -0.05) is 38.8 Å². The van der Waals surface area contributed by atoms with Crippen molar-refractivity contribution in [3.05, 3.63) is 68.7 Å². The van der Waals surface area contributed by atoms with Crippen LogP contribution < -0.4 is 10.2 Å². The Hall–Kier alpha value is -2.12. The number of benzene rings is 2. The number of amides is 1. The molecule has 0 saturated carbocycles. The maximum Gasteiger partial charge on any atom is 0.336 e. The van der Waals surface area contributed by atoms with Crippen molar-refractivity contribution in [2.75, 3.05) is 10.2 Å². The van der Waals surface area contributed by atoms with Crippen molar-refractivity contribution in [1.29, 1.82) is 0 Å². The van der Waals surface area contributed by atoms with Gasteiger partial charge in [0.25, 0.3) is 5.91 Å². The summed E-state index contributed by atoms with van der Waals surface area (Å²) in [7, 11) is 0. The Labute approximate surface area is 168 Å². The number of carboxylic acids is 1. The molecule has 1 atom stereocenters. The maximum atomic E-state index is 13.1. The number of hydrogen-bond acceptors (Lipinski definition) is 3. The average Bonchev–Trinajstić information content (AvgIpc) is 2.90. The number of anilines is 2. The minimum absolute atomic E-state index is 0.0864. The number of carbonyl (C=O) groups is 2. The summed E-state index contributed by atoms with van der Waals surface area (Å²) in [6.07, 6.45) is 0.495. The van der Waals surface area contributed by atoms with E-state index in [-0.39, 0.29) is 17.2 Å². The highest BCUT2D eigenvalue weighted by Gasteiger charge is 2.42. The number of hydrogen-bond donors (Lipinski definition) is 2. The van der Waals surface area contributed by atoms with Gasteiger partial charge in [0, 0.05) is 20.3 Å². The molecule has 1 aliphatic rings. The van der Waals surface area contributed by atoms with Gasteiger partial charge in [0.15, 0.2) is 0 Å². The normalized spacial score (nSPS) is 17.0. The Morgan fingerprint density at radius 2 is 1.62 bits per heavy atom. The summed E-state index contributed by atoms with van der Waals surface area (Å²) in [5.41, 5.74) is 1.51. The predicted octanol–water partition coefficient (Wildman–Crippen LogP) is 4.79. The van der Waals surface area contributed by atoms with Gasteiger partial charge in [-0.25, -0.2) is 4.79 Å². The fourth-order valence-electron chi connectivity index (χ4n) is 3.01. The maximum absolute atomic E-state index is 13.1. The highest BCUT2D eigenvalue weighted by atomic mass is 79.9. The van der Waals surface area contributed by atoms with Crippen LogP contribution in [0.5, 0.6) is 0 Å². The third-order valence-corrected chi connectivity index (χ3v) is 5.24. The number of nitrogens with one attached hydrogen (secondary N) is 1. The molecule has 2 aromatic rings. The summed E-state index contributed by atoms with van der Waals surface area (Å²) >= 11 is 6.73. The molecule has 1 heterocycles. The largest absolute Gasteiger partial charge is 0.478 e. The smallest absolute Gasteiger partial charge is 0.336 e. The highest BCUT2D eigenvalue weighted by molar-refractivity contribution is 9.10. The fraction of sp³-hybridized carbons (Fsp3) is 0.158. The first-order chi connectivity index (χ1) is 12.4. The van der Waals surface area contributed by atoms with E-state index in [1.165, 1.54) is 4.90 Å². The van der Waals surface area contributed by atoms with Crippen molar-refractivity contribution >= 4 is 55.1 Å². The molecule has 3 rings (SSSR count). The van der Waals surface area contributed by atoms with Crippen LogP contribution in [0, 0.1) is 0 Å². The third kappa shape index (κ3) is 3.54. The van der Waals surface area contributed by atoms with E-state index >= 15 is 0 Å². The molecule has 0 fully saturated rings. The second-order valence-electron chi connectivity index (χ2n) is 5.80.